The summed E-state index contributed by atoms with van der Waals surface area (Å²) in [5.74, 6) is 0. The zero-order valence-electron chi connectivity index (χ0n) is 14.3. The van der Waals surface area contributed by atoms with Gasteiger partial charge in [0.15, 0.2) is 0 Å². The standard InChI is InChI=1S/C20H19Cl4NO/c1-2-25-10-4-3-5-20(17-9-8-16(22)12-19(17)24)26-13-14-6-7-15(21)11-18(14)23/h2,4,6-12,20H,3,5,13H2,1H3/b10-4-,25-2-. The fourth-order valence-electron chi connectivity index (χ4n) is 2.39. The van der Waals surface area contributed by atoms with Crippen molar-refractivity contribution >= 4 is 52.6 Å². The van der Waals surface area contributed by atoms with Crippen molar-refractivity contribution in [3.05, 3.63) is 79.9 Å². The van der Waals surface area contributed by atoms with Gasteiger partial charge in [-0.25, -0.2) is 0 Å². The molecule has 0 amide bonds. The van der Waals surface area contributed by atoms with Gasteiger partial charge in [0.2, 0.25) is 0 Å². The molecular formula is C20H19Cl4NO. The maximum absolute atomic E-state index is 6.37. The van der Waals surface area contributed by atoms with Crippen molar-refractivity contribution in [2.45, 2.75) is 32.5 Å². The maximum Gasteiger partial charge on any atom is 0.0846 e. The van der Waals surface area contributed by atoms with Gasteiger partial charge in [0.1, 0.15) is 0 Å². The first-order chi connectivity index (χ1) is 12.5. The number of halogens is 4. The van der Waals surface area contributed by atoms with Gasteiger partial charge in [0, 0.05) is 32.5 Å². The average molecular weight is 431 g/mol. The van der Waals surface area contributed by atoms with Crippen LogP contribution in [0.2, 0.25) is 20.1 Å². The van der Waals surface area contributed by atoms with Gasteiger partial charge in [-0.3, -0.25) is 4.99 Å². The number of nitrogens with zero attached hydrogens (tertiary/aromatic N) is 1. The van der Waals surface area contributed by atoms with E-state index >= 15 is 0 Å². The smallest absolute Gasteiger partial charge is 0.0846 e. The van der Waals surface area contributed by atoms with Crippen molar-refractivity contribution in [1.82, 2.24) is 0 Å². The van der Waals surface area contributed by atoms with E-state index in [1.54, 1.807) is 30.6 Å². The van der Waals surface area contributed by atoms with E-state index in [-0.39, 0.29) is 6.10 Å². The molecule has 2 nitrogen and oxygen atoms in total. The highest BCUT2D eigenvalue weighted by molar-refractivity contribution is 6.35. The quantitative estimate of drug-likeness (QED) is 0.389. The van der Waals surface area contributed by atoms with Crippen molar-refractivity contribution in [2.75, 3.05) is 0 Å². The van der Waals surface area contributed by atoms with Crippen LogP contribution in [0.25, 0.3) is 0 Å². The van der Waals surface area contributed by atoms with Crippen LogP contribution in [0.3, 0.4) is 0 Å². The number of hydrogen-bond donors (Lipinski definition) is 0. The third kappa shape index (κ3) is 6.61. The molecule has 26 heavy (non-hydrogen) atoms. The molecule has 0 bridgehead atoms. The van der Waals surface area contributed by atoms with Gasteiger partial charge in [-0.1, -0.05) is 64.6 Å². The Kier molecular flexibility index (Phi) is 8.97. The van der Waals surface area contributed by atoms with E-state index in [1.165, 1.54) is 0 Å². The van der Waals surface area contributed by atoms with Crippen LogP contribution in [0.1, 0.15) is 37.0 Å². The van der Waals surface area contributed by atoms with E-state index in [1.807, 2.05) is 31.2 Å². The molecule has 1 unspecified atom stereocenters. The molecule has 0 spiro atoms. The molecule has 0 saturated carbocycles. The summed E-state index contributed by atoms with van der Waals surface area (Å²) >= 11 is 24.6. The number of hydrogen-bond acceptors (Lipinski definition) is 2. The van der Waals surface area contributed by atoms with Crippen LogP contribution in [0.4, 0.5) is 0 Å². The van der Waals surface area contributed by atoms with Crippen LogP contribution in [-0.2, 0) is 11.3 Å². The largest absolute Gasteiger partial charge is 0.369 e. The van der Waals surface area contributed by atoms with Crippen LogP contribution in [-0.4, -0.2) is 6.21 Å². The Morgan fingerprint density at radius 1 is 1.00 bits per heavy atom. The van der Waals surface area contributed by atoms with E-state index in [0.29, 0.717) is 26.7 Å². The Bertz CT molecular complexity index is 789. The van der Waals surface area contributed by atoms with Crippen LogP contribution in [0, 0.1) is 0 Å². The molecule has 0 aromatic heterocycles. The van der Waals surface area contributed by atoms with Crippen molar-refractivity contribution in [2.24, 2.45) is 4.99 Å². The molecule has 0 saturated heterocycles. The van der Waals surface area contributed by atoms with E-state index in [0.717, 1.165) is 24.0 Å². The summed E-state index contributed by atoms with van der Waals surface area (Å²) in [6.07, 6.45) is 6.87. The Morgan fingerprint density at radius 3 is 2.35 bits per heavy atom. The third-order valence-electron chi connectivity index (χ3n) is 3.70. The summed E-state index contributed by atoms with van der Waals surface area (Å²) in [6.45, 7) is 2.23. The van der Waals surface area contributed by atoms with Gasteiger partial charge < -0.3 is 4.74 Å². The van der Waals surface area contributed by atoms with E-state index in [9.17, 15) is 0 Å². The monoisotopic (exact) mass is 429 g/mol. The molecule has 138 valence electrons. The van der Waals surface area contributed by atoms with Crippen molar-refractivity contribution in [3.63, 3.8) is 0 Å². The number of allylic oxidation sites excluding steroid dienone is 1. The highest BCUT2D eigenvalue weighted by Crippen LogP contribution is 2.33. The molecule has 0 N–H and O–H groups in total. The highest BCUT2D eigenvalue weighted by atomic mass is 35.5. The Labute approximate surface area is 174 Å². The molecule has 0 heterocycles. The van der Waals surface area contributed by atoms with Crippen LogP contribution < -0.4 is 0 Å². The summed E-state index contributed by atoms with van der Waals surface area (Å²) in [7, 11) is 0. The minimum Gasteiger partial charge on any atom is -0.369 e. The molecule has 0 aliphatic carbocycles. The summed E-state index contributed by atoms with van der Waals surface area (Å²) in [6, 6.07) is 10.8. The van der Waals surface area contributed by atoms with Crippen LogP contribution >= 0.6 is 46.4 Å². The van der Waals surface area contributed by atoms with E-state index < -0.39 is 0 Å². The summed E-state index contributed by atoms with van der Waals surface area (Å²) in [4.78, 5) is 4.06. The van der Waals surface area contributed by atoms with Crippen LogP contribution in [0.15, 0.2) is 53.7 Å². The third-order valence-corrected chi connectivity index (χ3v) is 4.85. The molecule has 0 fully saturated rings. The molecule has 2 aromatic rings. The van der Waals surface area contributed by atoms with Gasteiger partial charge >= 0.3 is 0 Å². The molecule has 0 aliphatic heterocycles. The van der Waals surface area contributed by atoms with E-state index in [2.05, 4.69) is 4.99 Å². The fraction of sp³-hybridized carbons (Fsp3) is 0.250. The Hall–Kier alpha value is -1.03. The zero-order valence-corrected chi connectivity index (χ0v) is 17.3. The highest BCUT2D eigenvalue weighted by Gasteiger charge is 2.16. The SMILES string of the molecule is C/C=N\C=C/CCC(OCc1ccc(Cl)cc1Cl)c1ccc(Cl)cc1Cl. The molecule has 2 aromatic carbocycles. The number of rotatable bonds is 8. The second kappa shape index (κ2) is 11.0. The zero-order chi connectivity index (χ0) is 18.9. The molecule has 0 radical (unpaired) electrons. The van der Waals surface area contributed by atoms with E-state index in [4.69, 9.17) is 51.1 Å². The second-order valence-electron chi connectivity index (χ2n) is 5.57. The molecular weight excluding hydrogens is 412 g/mol. The Morgan fingerprint density at radius 2 is 1.69 bits per heavy atom. The number of ether oxygens (including phenoxy) is 1. The minimum absolute atomic E-state index is 0.193. The van der Waals surface area contributed by atoms with Gasteiger partial charge in [-0.15, -0.1) is 0 Å². The lowest BCUT2D eigenvalue weighted by Gasteiger charge is -2.20. The normalized spacial score (nSPS) is 13.0. The minimum atomic E-state index is -0.193. The summed E-state index contributed by atoms with van der Waals surface area (Å²) in [5.41, 5.74) is 1.77. The first-order valence-corrected chi connectivity index (χ1v) is 9.65. The number of aliphatic imine (C=N–C) groups is 1. The molecule has 6 heteroatoms. The van der Waals surface area contributed by atoms with Gasteiger partial charge in [-0.05, 0) is 55.2 Å². The topological polar surface area (TPSA) is 21.6 Å². The van der Waals surface area contributed by atoms with Crippen LogP contribution in [0.5, 0.6) is 0 Å². The van der Waals surface area contributed by atoms with Gasteiger partial charge in [0.25, 0.3) is 0 Å². The van der Waals surface area contributed by atoms with Crippen molar-refractivity contribution in [1.29, 1.82) is 0 Å². The lowest BCUT2D eigenvalue weighted by Crippen LogP contribution is -2.06. The van der Waals surface area contributed by atoms with Crippen molar-refractivity contribution < 1.29 is 4.74 Å². The second-order valence-corrected chi connectivity index (χ2v) is 7.26. The molecule has 2 rings (SSSR count). The number of benzene rings is 2. The summed E-state index contributed by atoms with van der Waals surface area (Å²) < 4.78 is 6.13. The Balaban J connectivity index is 2.13. The first kappa shape index (κ1) is 21.3. The van der Waals surface area contributed by atoms with Gasteiger partial charge in [-0.2, -0.15) is 0 Å². The average Bonchev–Trinajstić information content (AvgIpc) is 2.59. The first-order valence-electron chi connectivity index (χ1n) is 8.14. The maximum atomic E-state index is 6.37. The lowest BCUT2D eigenvalue weighted by molar-refractivity contribution is 0.0346. The molecule has 1 atom stereocenters. The predicted octanol–water partition coefficient (Wildman–Crippen LogP) is 7.94. The molecule has 0 aliphatic rings. The summed E-state index contributed by atoms with van der Waals surface area (Å²) in [5, 5.41) is 2.35. The predicted molar refractivity (Wildman–Crippen MR) is 113 cm³/mol. The van der Waals surface area contributed by atoms with Crippen molar-refractivity contribution in [3.8, 4) is 0 Å². The van der Waals surface area contributed by atoms with Gasteiger partial charge in [0.05, 0.1) is 12.7 Å². The lowest BCUT2D eigenvalue weighted by atomic mass is 10.0. The fourth-order valence-corrected chi connectivity index (χ4v) is 3.38.